The van der Waals surface area contributed by atoms with Gasteiger partial charge in [-0.3, -0.25) is 4.79 Å². The lowest BCUT2D eigenvalue weighted by atomic mass is 10.2. The quantitative estimate of drug-likeness (QED) is 0.665. The van der Waals surface area contributed by atoms with Gasteiger partial charge < -0.3 is 9.47 Å². The van der Waals surface area contributed by atoms with E-state index in [-0.39, 0.29) is 5.78 Å². The van der Waals surface area contributed by atoms with E-state index < -0.39 is 0 Å². The molecule has 0 aliphatic rings. The molecule has 0 aliphatic heterocycles. The molecule has 0 N–H and O–H groups in total. The zero-order valence-corrected chi connectivity index (χ0v) is 9.86. The Balaban J connectivity index is 2.34. The van der Waals surface area contributed by atoms with Gasteiger partial charge >= 0.3 is 0 Å². The van der Waals surface area contributed by atoms with Gasteiger partial charge in [0.15, 0.2) is 11.5 Å². The molecule has 1 aromatic rings. The van der Waals surface area contributed by atoms with E-state index in [0.29, 0.717) is 19.4 Å². The molecule has 0 amide bonds. The molecular weight excluding hydrogens is 204 g/mol. The molecule has 3 nitrogen and oxygen atoms in total. The van der Waals surface area contributed by atoms with Crippen LogP contribution in [0, 0.1) is 0 Å². The van der Waals surface area contributed by atoms with Crippen LogP contribution in [0.2, 0.25) is 0 Å². The van der Waals surface area contributed by atoms with E-state index in [1.54, 1.807) is 7.11 Å². The van der Waals surface area contributed by atoms with Crippen LogP contribution in [0.15, 0.2) is 24.3 Å². The van der Waals surface area contributed by atoms with Crippen molar-refractivity contribution in [3.05, 3.63) is 24.3 Å². The molecular formula is C13H18O3. The standard InChI is InChI=1S/C13H18O3/c1-3-11(14)7-6-10-16-13-9-5-4-8-12(13)15-2/h4-5,8-9H,3,6-7,10H2,1-2H3. The Morgan fingerprint density at radius 3 is 2.56 bits per heavy atom. The Morgan fingerprint density at radius 1 is 1.25 bits per heavy atom. The number of ether oxygens (including phenoxy) is 2. The first kappa shape index (κ1) is 12.6. The van der Waals surface area contributed by atoms with Crippen LogP contribution in [-0.4, -0.2) is 19.5 Å². The summed E-state index contributed by atoms with van der Waals surface area (Å²) in [5.41, 5.74) is 0. The van der Waals surface area contributed by atoms with Crippen molar-refractivity contribution in [2.75, 3.05) is 13.7 Å². The van der Waals surface area contributed by atoms with Gasteiger partial charge in [-0.05, 0) is 18.6 Å². The number of carbonyl (C=O) groups is 1. The molecule has 0 saturated heterocycles. The Morgan fingerprint density at radius 2 is 1.94 bits per heavy atom. The third kappa shape index (κ3) is 3.93. The van der Waals surface area contributed by atoms with E-state index in [9.17, 15) is 4.79 Å². The highest BCUT2D eigenvalue weighted by molar-refractivity contribution is 5.77. The maximum atomic E-state index is 11.1. The van der Waals surface area contributed by atoms with Gasteiger partial charge in [-0.1, -0.05) is 19.1 Å². The van der Waals surface area contributed by atoms with Gasteiger partial charge in [-0.15, -0.1) is 0 Å². The van der Waals surface area contributed by atoms with Crippen molar-refractivity contribution in [1.29, 1.82) is 0 Å². The Bertz CT molecular complexity index is 334. The highest BCUT2D eigenvalue weighted by Gasteiger charge is 2.03. The normalized spacial score (nSPS) is 9.88. The minimum Gasteiger partial charge on any atom is -0.493 e. The number of rotatable bonds is 7. The number of ketones is 1. The summed E-state index contributed by atoms with van der Waals surface area (Å²) in [6, 6.07) is 7.51. The smallest absolute Gasteiger partial charge is 0.161 e. The average molecular weight is 222 g/mol. The zero-order chi connectivity index (χ0) is 11.8. The predicted octanol–water partition coefficient (Wildman–Crippen LogP) is 2.83. The lowest BCUT2D eigenvalue weighted by Gasteiger charge is -2.09. The molecule has 0 aliphatic carbocycles. The van der Waals surface area contributed by atoms with Crippen molar-refractivity contribution in [3.63, 3.8) is 0 Å². The third-order valence-electron chi connectivity index (χ3n) is 2.32. The summed E-state index contributed by atoms with van der Waals surface area (Å²) >= 11 is 0. The summed E-state index contributed by atoms with van der Waals surface area (Å²) in [6.07, 6.45) is 1.95. The van der Waals surface area contributed by atoms with Gasteiger partial charge in [0.25, 0.3) is 0 Å². The number of para-hydroxylation sites is 2. The first-order valence-corrected chi connectivity index (χ1v) is 5.55. The first-order valence-electron chi connectivity index (χ1n) is 5.55. The SMILES string of the molecule is CCC(=O)CCCOc1ccccc1OC. The van der Waals surface area contributed by atoms with Crippen molar-refractivity contribution < 1.29 is 14.3 Å². The van der Waals surface area contributed by atoms with E-state index in [4.69, 9.17) is 9.47 Å². The molecule has 0 saturated carbocycles. The molecule has 0 fully saturated rings. The van der Waals surface area contributed by atoms with E-state index in [1.807, 2.05) is 31.2 Å². The number of carbonyl (C=O) groups excluding carboxylic acids is 1. The van der Waals surface area contributed by atoms with E-state index >= 15 is 0 Å². The topological polar surface area (TPSA) is 35.5 Å². The van der Waals surface area contributed by atoms with Crippen LogP contribution in [0.4, 0.5) is 0 Å². The number of benzene rings is 1. The highest BCUT2D eigenvalue weighted by atomic mass is 16.5. The molecule has 88 valence electrons. The van der Waals surface area contributed by atoms with Gasteiger partial charge in [0.1, 0.15) is 5.78 Å². The summed E-state index contributed by atoms with van der Waals surface area (Å²) in [5, 5.41) is 0. The Hall–Kier alpha value is -1.51. The molecule has 0 atom stereocenters. The van der Waals surface area contributed by atoms with Crippen molar-refractivity contribution >= 4 is 5.78 Å². The molecule has 0 aromatic heterocycles. The van der Waals surface area contributed by atoms with Gasteiger partial charge in [0, 0.05) is 12.8 Å². The summed E-state index contributed by atoms with van der Waals surface area (Å²) in [7, 11) is 1.61. The van der Waals surface area contributed by atoms with Gasteiger partial charge in [0.05, 0.1) is 13.7 Å². The zero-order valence-electron chi connectivity index (χ0n) is 9.86. The molecule has 0 radical (unpaired) electrons. The van der Waals surface area contributed by atoms with Gasteiger partial charge in [-0.25, -0.2) is 0 Å². The molecule has 1 rings (SSSR count). The average Bonchev–Trinajstić information content (AvgIpc) is 2.34. The van der Waals surface area contributed by atoms with Crippen LogP contribution in [0.5, 0.6) is 11.5 Å². The number of hydrogen-bond acceptors (Lipinski definition) is 3. The fraction of sp³-hybridized carbons (Fsp3) is 0.462. The van der Waals surface area contributed by atoms with Crippen molar-refractivity contribution in [2.45, 2.75) is 26.2 Å². The first-order chi connectivity index (χ1) is 7.77. The fourth-order valence-corrected chi connectivity index (χ4v) is 1.37. The second kappa shape index (κ2) is 6.88. The fourth-order valence-electron chi connectivity index (χ4n) is 1.37. The van der Waals surface area contributed by atoms with Crippen LogP contribution in [-0.2, 0) is 4.79 Å². The number of methoxy groups -OCH3 is 1. The molecule has 3 heteroatoms. The van der Waals surface area contributed by atoms with Gasteiger partial charge in [0.2, 0.25) is 0 Å². The van der Waals surface area contributed by atoms with Crippen LogP contribution in [0.25, 0.3) is 0 Å². The van der Waals surface area contributed by atoms with Crippen LogP contribution in [0.1, 0.15) is 26.2 Å². The van der Waals surface area contributed by atoms with Crippen LogP contribution >= 0.6 is 0 Å². The lowest BCUT2D eigenvalue weighted by molar-refractivity contribution is -0.118. The van der Waals surface area contributed by atoms with E-state index in [1.165, 1.54) is 0 Å². The highest BCUT2D eigenvalue weighted by Crippen LogP contribution is 2.25. The van der Waals surface area contributed by atoms with Gasteiger partial charge in [-0.2, -0.15) is 0 Å². The molecule has 0 spiro atoms. The number of hydrogen-bond donors (Lipinski definition) is 0. The monoisotopic (exact) mass is 222 g/mol. The minimum atomic E-state index is 0.281. The van der Waals surface area contributed by atoms with Crippen LogP contribution < -0.4 is 9.47 Å². The maximum absolute atomic E-state index is 11.1. The maximum Gasteiger partial charge on any atom is 0.161 e. The predicted molar refractivity (Wildman–Crippen MR) is 63.0 cm³/mol. The Kier molecular flexibility index (Phi) is 5.40. The molecule has 0 bridgehead atoms. The summed E-state index contributed by atoms with van der Waals surface area (Å²) in [6.45, 7) is 2.43. The lowest BCUT2D eigenvalue weighted by Crippen LogP contribution is -2.03. The van der Waals surface area contributed by atoms with Crippen LogP contribution in [0.3, 0.4) is 0 Å². The van der Waals surface area contributed by atoms with E-state index in [0.717, 1.165) is 17.9 Å². The number of Topliss-reactive ketones (excluding diaryl/α,β-unsaturated/α-hetero) is 1. The Labute approximate surface area is 96.4 Å². The van der Waals surface area contributed by atoms with Crippen molar-refractivity contribution in [3.8, 4) is 11.5 Å². The summed E-state index contributed by atoms with van der Waals surface area (Å²) in [4.78, 5) is 11.1. The molecule has 0 unspecified atom stereocenters. The van der Waals surface area contributed by atoms with Crippen molar-refractivity contribution in [2.24, 2.45) is 0 Å². The summed E-state index contributed by atoms with van der Waals surface area (Å²) in [5.74, 6) is 1.74. The third-order valence-corrected chi connectivity index (χ3v) is 2.32. The molecule has 1 aromatic carbocycles. The van der Waals surface area contributed by atoms with E-state index in [2.05, 4.69) is 0 Å². The second-order valence-corrected chi connectivity index (χ2v) is 3.50. The summed E-state index contributed by atoms with van der Waals surface area (Å²) < 4.78 is 10.7. The molecule has 0 heterocycles. The van der Waals surface area contributed by atoms with Crippen molar-refractivity contribution in [1.82, 2.24) is 0 Å². The second-order valence-electron chi connectivity index (χ2n) is 3.50. The minimum absolute atomic E-state index is 0.281. The molecule has 16 heavy (non-hydrogen) atoms. The largest absolute Gasteiger partial charge is 0.493 e.